The molecular formula is C12H18N2O4. The van der Waals surface area contributed by atoms with Gasteiger partial charge in [0.15, 0.2) is 0 Å². The number of amides is 2. The Balaban J connectivity index is 2.18. The standard InChI is InChI=1S/C12H18N2O4/c1-2-12(11(17)18)6-3-7-14(12)10(16)8-4-5-9(15)13-8/h8H,2-7H2,1H3,(H,13,15)(H,17,18)/t8-,12?/m0/s1. The Morgan fingerprint density at radius 3 is 2.78 bits per heavy atom. The molecule has 2 heterocycles. The summed E-state index contributed by atoms with van der Waals surface area (Å²) >= 11 is 0. The molecule has 2 atom stereocenters. The third-order valence-electron chi connectivity index (χ3n) is 4.03. The summed E-state index contributed by atoms with van der Waals surface area (Å²) in [6.45, 7) is 2.25. The van der Waals surface area contributed by atoms with Gasteiger partial charge in [0.05, 0.1) is 0 Å². The highest BCUT2D eigenvalue weighted by Gasteiger charge is 2.50. The minimum Gasteiger partial charge on any atom is -0.479 e. The molecule has 6 heteroatoms. The van der Waals surface area contributed by atoms with E-state index < -0.39 is 17.6 Å². The number of aliphatic carboxylic acids is 1. The molecule has 100 valence electrons. The number of hydrogen-bond acceptors (Lipinski definition) is 3. The van der Waals surface area contributed by atoms with Crippen molar-refractivity contribution in [3.8, 4) is 0 Å². The molecule has 0 radical (unpaired) electrons. The van der Waals surface area contributed by atoms with Crippen LogP contribution in [0.2, 0.25) is 0 Å². The van der Waals surface area contributed by atoms with Crippen molar-refractivity contribution in [1.82, 2.24) is 10.2 Å². The zero-order valence-corrected chi connectivity index (χ0v) is 10.4. The average molecular weight is 254 g/mol. The number of likely N-dealkylation sites (tertiary alicyclic amines) is 1. The van der Waals surface area contributed by atoms with Crippen LogP contribution in [0.3, 0.4) is 0 Å². The number of carboxylic acids is 1. The van der Waals surface area contributed by atoms with Crippen molar-refractivity contribution >= 4 is 17.8 Å². The van der Waals surface area contributed by atoms with Crippen LogP contribution in [-0.4, -0.2) is 45.9 Å². The molecule has 0 aromatic carbocycles. The molecule has 2 aliphatic rings. The molecule has 2 amide bonds. The summed E-state index contributed by atoms with van der Waals surface area (Å²) < 4.78 is 0. The van der Waals surface area contributed by atoms with Crippen molar-refractivity contribution in [2.45, 2.75) is 50.6 Å². The molecule has 2 N–H and O–H groups in total. The summed E-state index contributed by atoms with van der Waals surface area (Å²) in [4.78, 5) is 36.4. The second kappa shape index (κ2) is 4.59. The highest BCUT2D eigenvalue weighted by atomic mass is 16.4. The van der Waals surface area contributed by atoms with E-state index in [-0.39, 0.29) is 11.8 Å². The number of hydrogen-bond donors (Lipinski definition) is 2. The quantitative estimate of drug-likeness (QED) is 0.749. The largest absolute Gasteiger partial charge is 0.479 e. The third-order valence-corrected chi connectivity index (χ3v) is 4.03. The van der Waals surface area contributed by atoms with Crippen molar-refractivity contribution < 1.29 is 19.5 Å². The lowest BCUT2D eigenvalue weighted by atomic mass is 9.92. The zero-order valence-electron chi connectivity index (χ0n) is 10.4. The van der Waals surface area contributed by atoms with E-state index in [2.05, 4.69) is 5.32 Å². The normalized spacial score (nSPS) is 31.5. The lowest BCUT2D eigenvalue weighted by Crippen LogP contribution is -2.56. The number of rotatable bonds is 3. The van der Waals surface area contributed by atoms with Gasteiger partial charge in [0, 0.05) is 13.0 Å². The maximum Gasteiger partial charge on any atom is 0.329 e. The van der Waals surface area contributed by atoms with Crippen LogP contribution < -0.4 is 5.32 Å². The Hall–Kier alpha value is -1.59. The van der Waals surface area contributed by atoms with Crippen LogP contribution in [0.15, 0.2) is 0 Å². The minimum atomic E-state index is -1.08. The van der Waals surface area contributed by atoms with Gasteiger partial charge >= 0.3 is 5.97 Å². The summed E-state index contributed by atoms with van der Waals surface area (Å²) in [6.07, 6.45) is 2.40. The van der Waals surface area contributed by atoms with Crippen LogP contribution >= 0.6 is 0 Å². The van der Waals surface area contributed by atoms with Gasteiger partial charge in [-0.2, -0.15) is 0 Å². The molecule has 0 aromatic rings. The second-order valence-corrected chi connectivity index (χ2v) is 4.94. The van der Waals surface area contributed by atoms with Crippen molar-refractivity contribution in [3.63, 3.8) is 0 Å². The van der Waals surface area contributed by atoms with Gasteiger partial charge in [-0.3, -0.25) is 9.59 Å². The molecule has 0 aliphatic carbocycles. The Morgan fingerprint density at radius 2 is 2.28 bits per heavy atom. The molecule has 6 nitrogen and oxygen atoms in total. The van der Waals surface area contributed by atoms with Crippen molar-refractivity contribution in [3.05, 3.63) is 0 Å². The highest BCUT2D eigenvalue weighted by molar-refractivity contribution is 5.94. The maximum atomic E-state index is 12.3. The van der Waals surface area contributed by atoms with Crippen LogP contribution in [0.25, 0.3) is 0 Å². The number of nitrogens with one attached hydrogen (secondary N) is 1. The van der Waals surface area contributed by atoms with Gasteiger partial charge in [-0.05, 0) is 25.7 Å². The Kier molecular flexibility index (Phi) is 3.28. The Labute approximate surface area is 105 Å². The van der Waals surface area contributed by atoms with Crippen molar-refractivity contribution in [2.75, 3.05) is 6.54 Å². The Bertz CT molecular complexity index is 396. The van der Waals surface area contributed by atoms with E-state index in [1.807, 2.05) is 0 Å². The summed E-state index contributed by atoms with van der Waals surface area (Å²) in [5, 5.41) is 12.0. The zero-order chi connectivity index (χ0) is 13.3. The van der Waals surface area contributed by atoms with Crippen LogP contribution in [-0.2, 0) is 14.4 Å². The van der Waals surface area contributed by atoms with E-state index in [1.165, 1.54) is 4.90 Å². The van der Waals surface area contributed by atoms with Gasteiger partial charge in [-0.25, -0.2) is 4.79 Å². The summed E-state index contributed by atoms with van der Waals surface area (Å²) in [5.41, 5.74) is -1.08. The lowest BCUT2D eigenvalue weighted by molar-refractivity contribution is -0.157. The molecule has 2 fully saturated rings. The number of carbonyl (C=O) groups excluding carboxylic acids is 2. The summed E-state index contributed by atoms with van der Waals surface area (Å²) in [7, 11) is 0. The summed E-state index contributed by atoms with van der Waals surface area (Å²) in [6, 6.07) is -0.541. The fraction of sp³-hybridized carbons (Fsp3) is 0.750. The molecule has 0 bridgehead atoms. The molecular weight excluding hydrogens is 236 g/mol. The van der Waals surface area contributed by atoms with Gasteiger partial charge < -0.3 is 15.3 Å². The first-order valence-corrected chi connectivity index (χ1v) is 6.35. The first kappa shape index (κ1) is 12.9. The predicted molar refractivity (Wildman–Crippen MR) is 62.8 cm³/mol. The highest BCUT2D eigenvalue weighted by Crippen LogP contribution is 2.34. The molecule has 18 heavy (non-hydrogen) atoms. The Morgan fingerprint density at radius 1 is 1.56 bits per heavy atom. The molecule has 2 rings (SSSR count). The molecule has 0 spiro atoms. The van der Waals surface area contributed by atoms with E-state index in [0.717, 1.165) is 0 Å². The summed E-state index contributed by atoms with van der Waals surface area (Å²) in [5.74, 6) is -1.33. The topological polar surface area (TPSA) is 86.7 Å². The molecule has 1 unspecified atom stereocenters. The molecule has 0 saturated carbocycles. The van der Waals surface area contributed by atoms with Crippen LogP contribution in [0.1, 0.15) is 39.0 Å². The third kappa shape index (κ3) is 1.85. The maximum absolute atomic E-state index is 12.3. The monoisotopic (exact) mass is 254 g/mol. The smallest absolute Gasteiger partial charge is 0.329 e. The van der Waals surface area contributed by atoms with Crippen LogP contribution in [0, 0.1) is 0 Å². The fourth-order valence-electron chi connectivity index (χ4n) is 2.93. The first-order valence-electron chi connectivity index (χ1n) is 6.35. The van der Waals surface area contributed by atoms with Gasteiger partial charge in [-0.1, -0.05) is 6.92 Å². The van der Waals surface area contributed by atoms with Crippen LogP contribution in [0.5, 0.6) is 0 Å². The van der Waals surface area contributed by atoms with Gasteiger partial charge in [-0.15, -0.1) is 0 Å². The SMILES string of the molecule is CCC1(C(=O)O)CCCN1C(=O)[C@@H]1CCC(=O)N1. The molecule has 2 aliphatic heterocycles. The number of carbonyl (C=O) groups is 3. The molecule has 2 saturated heterocycles. The molecule has 0 aromatic heterocycles. The fourth-order valence-corrected chi connectivity index (χ4v) is 2.93. The van der Waals surface area contributed by atoms with E-state index in [1.54, 1.807) is 6.92 Å². The van der Waals surface area contributed by atoms with E-state index in [0.29, 0.717) is 38.6 Å². The van der Waals surface area contributed by atoms with Gasteiger partial charge in [0.2, 0.25) is 11.8 Å². The van der Waals surface area contributed by atoms with E-state index in [4.69, 9.17) is 0 Å². The van der Waals surface area contributed by atoms with Gasteiger partial charge in [0.25, 0.3) is 0 Å². The number of carboxylic acid groups (broad SMARTS) is 1. The predicted octanol–water partition coefficient (Wildman–Crippen LogP) is 0.121. The minimum absolute atomic E-state index is 0.134. The van der Waals surface area contributed by atoms with Crippen molar-refractivity contribution in [1.29, 1.82) is 0 Å². The van der Waals surface area contributed by atoms with Gasteiger partial charge in [0.1, 0.15) is 11.6 Å². The van der Waals surface area contributed by atoms with Crippen molar-refractivity contribution in [2.24, 2.45) is 0 Å². The number of nitrogens with zero attached hydrogens (tertiary/aromatic N) is 1. The lowest BCUT2D eigenvalue weighted by Gasteiger charge is -2.35. The second-order valence-electron chi connectivity index (χ2n) is 4.94. The first-order chi connectivity index (χ1) is 8.51. The van der Waals surface area contributed by atoms with Crippen LogP contribution in [0.4, 0.5) is 0 Å². The van der Waals surface area contributed by atoms with E-state index in [9.17, 15) is 19.5 Å². The average Bonchev–Trinajstić information content (AvgIpc) is 2.94. The van der Waals surface area contributed by atoms with E-state index >= 15 is 0 Å².